The summed E-state index contributed by atoms with van der Waals surface area (Å²) in [6.45, 7) is 15.2. The van der Waals surface area contributed by atoms with E-state index in [0.29, 0.717) is 70.3 Å². The van der Waals surface area contributed by atoms with Crippen LogP contribution >= 0.6 is 0 Å². The van der Waals surface area contributed by atoms with Crippen LogP contribution in [0.5, 0.6) is 5.75 Å². The van der Waals surface area contributed by atoms with Crippen molar-refractivity contribution in [3.05, 3.63) is 64.0 Å². The highest BCUT2D eigenvalue weighted by atomic mass is 19.1. The fraction of sp³-hybridized carbons (Fsp3) is 0.590. The second-order valence-corrected chi connectivity index (χ2v) is 15.9. The van der Waals surface area contributed by atoms with Gasteiger partial charge in [0.15, 0.2) is 17.6 Å². The Balaban J connectivity index is 1.22. The molecule has 2 saturated heterocycles. The maximum Gasteiger partial charge on any atom is 0.261 e. The third kappa shape index (κ3) is 6.96. The molecule has 3 aromatic rings. The van der Waals surface area contributed by atoms with Gasteiger partial charge < -0.3 is 30.1 Å². The molecule has 5 atom stereocenters. The quantitative estimate of drug-likeness (QED) is 0.244. The Morgan fingerprint density at radius 2 is 1.88 bits per heavy atom. The number of hydrogen-bond donors (Lipinski definition) is 3. The summed E-state index contributed by atoms with van der Waals surface area (Å²) in [6, 6.07) is 11.0. The number of ether oxygens (including phenoxy) is 1. The van der Waals surface area contributed by atoms with Gasteiger partial charge in [0.2, 0.25) is 0 Å². The lowest BCUT2D eigenvalue weighted by molar-refractivity contribution is -0.108. The molecule has 0 spiro atoms. The van der Waals surface area contributed by atoms with E-state index in [-0.39, 0.29) is 36.2 Å². The molecule has 51 heavy (non-hydrogen) atoms. The molecule has 2 aliphatic heterocycles. The number of methoxy groups -OCH3 is 1. The summed E-state index contributed by atoms with van der Waals surface area (Å²) in [5.74, 6) is 3.34. The molecule has 5 fully saturated rings. The van der Waals surface area contributed by atoms with E-state index < -0.39 is 0 Å². The van der Waals surface area contributed by atoms with Gasteiger partial charge in [0.05, 0.1) is 24.1 Å². The summed E-state index contributed by atoms with van der Waals surface area (Å²) in [5.41, 5.74) is 1.95. The van der Waals surface area contributed by atoms with Crippen molar-refractivity contribution in [2.45, 2.75) is 65.6 Å². The van der Waals surface area contributed by atoms with Gasteiger partial charge in [0, 0.05) is 70.2 Å². The molecule has 3 saturated carbocycles. The fourth-order valence-corrected chi connectivity index (χ4v) is 8.85. The zero-order chi connectivity index (χ0) is 36.0. The molecule has 11 nitrogen and oxygen atoms in total. The molecule has 2 aromatic carbocycles. The number of aliphatic imine (C=N–C) groups is 1. The van der Waals surface area contributed by atoms with Crippen LogP contribution in [0.15, 0.2) is 46.2 Å². The maximum atomic E-state index is 14.9. The van der Waals surface area contributed by atoms with Crippen LogP contribution in [0.1, 0.15) is 51.9 Å². The Labute approximate surface area is 300 Å². The Bertz CT molecular complexity index is 1870. The average molecular weight is 700 g/mol. The third-order valence-electron chi connectivity index (χ3n) is 12.4. The van der Waals surface area contributed by atoms with Crippen LogP contribution in [0.2, 0.25) is 0 Å². The van der Waals surface area contributed by atoms with E-state index in [1.165, 1.54) is 19.6 Å². The number of rotatable bonds is 7. The van der Waals surface area contributed by atoms with Gasteiger partial charge in [0.1, 0.15) is 11.6 Å². The van der Waals surface area contributed by atoms with Gasteiger partial charge in [-0.25, -0.2) is 14.4 Å². The minimum Gasteiger partial charge on any atom is -0.497 e. The zero-order valence-corrected chi connectivity index (χ0v) is 31.0. The third-order valence-corrected chi connectivity index (χ3v) is 12.4. The van der Waals surface area contributed by atoms with E-state index in [1.807, 2.05) is 23.1 Å². The zero-order valence-electron chi connectivity index (χ0n) is 31.0. The van der Waals surface area contributed by atoms with Gasteiger partial charge in [-0.15, -0.1) is 0 Å². The number of likely N-dealkylation sites (N-methyl/N-ethyl adjacent to an activating group) is 1. The molecule has 3 N–H and O–H groups in total. The summed E-state index contributed by atoms with van der Waals surface area (Å²) < 4.78 is 21.7. The first kappa shape index (κ1) is 35.4. The predicted octanol–water partition coefficient (Wildman–Crippen LogP) is 4.49. The van der Waals surface area contributed by atoms with E-state index in [4.69, 9.17) is 14.7 Å². The number of piperazine rings is 2. The lowest BCUT2D eigenvalue weighted by Gasteiger charge is -2.61. The Hall–Kier alpha value is -4.03. The van der Waals surface area contributed by atoms with Gasteiger partial charge >= 0.3 is 0 Å². The number of hydrogen-bond acceptors (Lipinski definition) is 7. The molecule has 274 valence electrons. The van der Waals surface area contributed by atoms with Gasteiger partial charge in [-0.1, -0.05) is 26.8 Å². The van der Waals surface area contributed by atoms with Crippen LogP contribution in [0.4, 0.5) is 10.1 Å². The molecule has 8 rings (SSSR count). The lowest BCUT2D eigenvalue weighted by atomic mass is 9.45. The maximum absolute atomic E-state index is 14.9. The first-order chi connectivity index (χ1) is 24.4. The highest BCUT2D eigenvalue weighted by molar-refractivity contribution is 5.98. The molecule has 3 aliphatic carbocycles. The van der Waals surface area contributed by atoms with E-state index in [9.17, 15) is 14.6 Å². The van der Waals surface area contributed by atoms with Crippen LogP contribution in [0, 0.1) is 34.4 Å². The Kier molecular flexibility index (Phi) is 9.84. The van der Waals surface area contributed by atoms with Crippen LogP contribution in [-0.4, -0.2) is 108 Å². The summed E-state index contributed by atoms with van der Waals surface area (Å²) in [6.07, 6.45) is 2.68. The predicted molar refractivity (Wildman–Crippen MR) is 202 cm³/mol. The van der Waals surface area contributed by atoms with Crippen LogP contribution in [0.3, 0.4) is 0 Å². The van der Waals surface area contributed by atoms with Gasteiger partial charge in [0.25, 0.3) is 5.56 Å². The number of benzene rings is 2. The number of aryl methyl sites for hydroxylation is 1. The van der Waals surface area contributed by atoms with Crippen molar-refractivity contribution in [3.63, 3.8) is 0 Å². The van der Waals surface area contributed by atoms with Crippen molar-refractivity contribution in [3.8, 4) is 5.75 Å². The Morgan fingerprint density at radius 1 is 1.10 bits per heavy atom. The molecule has 5 aliphatic rings. The van der Waals surface area contributed by atoms with E-state index in [2.05, 4.69) is 55.2 Å². The molecule has 3 heterocycles. The standard InChI is InChI=1S/C39H54FN9O2/c1-24-23-48(14-12-42-24)38(45-33-20-27-19-31(25(33)2)39(27,3)4)43-28-8-10-30-34(21-28)44-36(35(41)47-17-15-46(5)16-18-47)49(37(30)50)13-11-26-7-9-29(51-6)22-32(26)40/h7-10,21-22,24-25,27,31,33,41-42H,11-20,23H2,1-6H3,(H,43,45)/t24-,25-,27+,31-,33-/m0/s1. The van der Waals surface area contributed by atoms with Gasteiger partial charge in [-0.3, -0.25) is 14.8 Å². The van der Waals surface area contributed by atoms with Crippen molar-refractivity contribution in [2.24, 2.45) is 28.2 Å². The topological polar surface area (TPSA) is 114 Å². The van der Waals surface area contributed by atoms with Crippen LogP contribution in [0.25, 0.3) is 10.9 Å². The minimum atomic E-state index is -0.387. The second kappa shape index (κ2) is 14.2. The van der Waals surface area contributed by atoms with Crippen molar-refractivity contribution in [1.29, 1.82) is 5.41 Å². The summed E-state index contributed by atoms with van der Waals surface area (Å²) in [5, 5.41) is 16.9. The highest BCUT2D eigenvalue weighted by Crippen LogP contribution is 2.61. The first-order valence-electron chi connectivity index (χ1n) is 18.7. The second-order valence-electron chi connectivity index (χ2n) is 15.9. The minimum absolute atomic E-state index is 0.187. The largest absolute Gasteiger partial charge is 0.497 e. The van der Waals surface area contributed by atoms with Crippen LogP contribution < -0.4 is 20.9 Å². The number of anilines is 1. The molecular weight excluding hydrogens is 645 g/mol. The normalized spacial score (nSPS) is 26.6. The van der Waals surface area contributed by atoms with Crippen molar-refractivity contribution in [1.82, 2.24) is 29.6 Å². The molecule has 0 radical (unpaired) electrons. The molecule has 0 amide bonds. The molecule has 12 heteroatoms. The highest BCUT2D eigenvalue weighted by Gasteiger charge is 2.56. The van der Waals surface area contributed by atoms with Crippen molar-refractivity contribution < 1.29 is 9.13 Å². The molecule has 0 unspecified atom stereocenters. The number of amidine groups is 1. The number of aromatic nitrogens is 2. The molecule has 1 aromatic heterocycles. The summed E-state index contributed by atoms with van der Waals surface area (Å²) in [7, 11) is 3.57. The SMILES string of the molecule is COc1ccc(CCn2c(C(=N)N3CCN(C)CC3)nc3cc(NC(=N[C@H]4C[C@H]5C[C@@H]([C@@H]4C)C5(C)C)N4CCN[C@@H](C)C4)ccc3c2=O)c(F)c1. The number of halogens is 1. The van der Waals surface area contributed by atoms with Crippen molar-refractivity contribution in [2.75, 3.05) is 65.3 Å². The van der Waals surface area contributed by atoms with E-state index in [1.54, 1.807) is 16.7 Å². The fourth-order valence-electron chi connectivity index (χ4n) is 8.85. The Morgan fingerprint density at radius 3 is 2.57 bits per heavy atom. The van der Waals surface area contributed by atoms with E-state index in [0.717, 1.165) is 50.8 Å². The van der Waals surface area contributed by atoms with Crippen LogP contribution in [-0.2, 0) is 13.0 Å². The first-order valence-corrected chi connectivity index (χ1v) is 18.7. The van der Waals surface area contributed by atoms with Crippen molar-refractivity contribution >= 4 is 28.4 Å². The molecule has 2 bridgehead atoms. The monoisotopic (exact) mass is 699 g/mol. The lowest BCUT2D eigenvalue weighted by Crippen LogP contribution is -2.57. The summed E-state index contributed by atoms with van der Waals surface area (Å²) >= 11 is 0. The van der Waals surface area contributed by atoms with Gasteiger partial charge in [-0.2, -0.15) is 0 Å². The number of guanidine groups is 1. The number of fused-ring (bicyclic) bond motifs is 3. The van der Waals surface area contributed by atoms with E-state index >= 15 is 0 Å². The smallest absolute Gasteiger partial charge is 0.261 e. The van der Waals surface area contributed by atoms with Gasteiger partial charge in [-0.05, 0) is 86.2 Å². The summed E-state index contributed by atoms with van der Waals surface area (Å²) in [4.78, 5) is 31.2. The number of nitrogens with one attached hydrogen (secondary N) is 3. The number of nitrogens with zero attached hydrogens (tertiary/aromatic N) is 6. The molecular formula is C39H54FN9O2. The average Bonchev–Trinajstić information content (AvgIpc) is 3.11.